The number of furan rings is 1. The van der Waals surface area contributed by atoms with Crippen molar-refractivity contribution in [2.75, 3.05) is 6.61 Å². The van der Waals surface area contributed by atoms with E-state index >= 15 is 0 Å². The second-order valence-electron chi connectivity index (χ2n) is 5.86. The molecule has 0 bridgehead atoms. The Labute approximate surface area is 186 Å². The van der Waals surface area contributed by atoms with Crippen molar-refractivity contribution in [2.45, 2.75) is 6.61 Å². The fraction of sp³-hybridized carbons (Fsp3) is 0.100. The molecule has 10 heteroatoms. The third kappa shape index (κ3) is 6.06. The Hall–Kier alpha value is -2.87. The zero-order valence-corrected chi connectivity index (χ0v) is 17.6. The molecule has 0 aliphatic rings. The lowest BCUT2D eigenvalue weighted by molar-refractivity contribution is -0.123. The van der Waals surface area contributed by atoms with Crippen LogP contribution in [0.25, 0.3) is 0 Å². The van der Waals surface area contributed by atoms with Crippen LogP contribution in [-0.2, 0) is 11.4 Å². The molecule has 2 N–H and O–H groups in total. The van der Waals surface area contributed by atoms with Crippen molar-refractivity contribution in [1.29, 1.82) is 0 Å². The van der Waals surface area contributed by atoms with Crippen LogP contribution in [0.5, 0.6) is 11.5 Å². The summed E-state index contributed by atoms with van der Waals surface area (Å²) in [4.78, 5) is 24.0. The minimum Gasteiger partial charge on any atom is -0.486 e. The molecule has 156 valence electrons. The largest absolute Gasteiger partial charge is 0.486 e. The van der Waals surface area contributed by atoms with Gasteiger partial charge in [-0.3, -0.25) is 20.4 Å². The number of carbonyl (C=O) groups is 2. The Kier molecular flexibility index (Phi) is 7.46. The highest BCUT2D eigenvalue weighted by molar-refractivity contribution is 6.43. The van der Waals surface area contributed by atoms with Crippen molar-refractivity contribution >= 4 is 46.6 Å². The second kappa shape index (κ2) is 10.2. The number of carbonyl (C=O) groups excluding carboxylic acids is 2. The summed E-state index contributed by atoms with van der Waals surface area (Å²) in [6, 6.07) is 15.0. The first kappa shape index (κ1) is 21.8. The third-order valence-electron chi connectivity index (χ3n) is 3.66. The normalized spacial score (nSPS) is 10.4. The summed E-state index contributed by atoms with van der Waals surface area (Å²) < 4.78 is 16.2. The number of hydrogen-bond acceptors (Lipinski definition) is 5. The topological polar surface area (TPSA) is 89.8 Å². The van der Waals surface area contributed by atoms with E-state index in [-0.39, 0.29) is 33.2 Å². The Morgan fingerprint density at radius 3 is 2.37 bits per heavy atom. The van der Waals surface area contributed by atoms with Gasteiger partial charge in [-0.05, 0) is 30.3 Å². The summed E-state index contributed by atoms with van der Waals surface area (Å²) in [5.74, 6) is 0.0609. The van der Waals surface area contributed by atoms with E-state index in [9.17, 15) is 9.59 Å². The lowest BCUT2D eigenvalue weighted by atomic mass is 10.3. The average molecular weight is 470 g/mol. The minimum atomic E-state index is -0.637. The Morgan fingerprint density at radius 1 is 0.867 bits per heavy atom. The zero-order chi connectivity index (χ0) is 21.5. The van der Waals surface area contributed by atoms with E-state index in [1.54, 1.807) is 18.2 Å². The molecule has 1 heterocycles. The van der Waals surface area contributed by atoms with Gasteiger partial charge in [0.15, 0.2) is 12.4 Å². The molecule has 0 fully saturated rings. The van der Waals surface area contributed by atoms with E-state index in [0.29, 0.717) is 11.5 Å². The van der Waals surface area contributed by atoms with Gasteiger partial charge in [0.2, 0.25) is 0 Å². The molecule has 0 saturated heterocycles. The molecule has 0 atom stereocenters. The number of rotatable bonds is 7. The standard InChI is InChI=1S/C20H15Cl3N2O5/c21-14-8-16(23)18(9-15(14)22)29-11-19(26)24-25-20(27)17-7-6-13(30-17)10-28-12-4-2-1-3-5-12/h1-9H,10-11H2,(H,24,26)(H,25,27). The molecule has 1 aromatic heterocycles. The number of para-hydroxylation sites is 1. The van der Waals surface area contributed by atoms with Crippen LogP contribution in [0.2, 0.25) is 15.1 Å². The molecule has 0 saturated carbocycles. The molecule has 3 rings (SSSR count). The summed E-state index contributed by atoms with van der Waals surface area (Å²) in [5, 5.41) is 0.689. The maximum absolute atomic E-state index is 12.1. The molecule has 0 unspecified atom stereocenters. The van der Waals surface area contributed by atoms with Crippen molar-refractivity contribution in [1.82, 2.24) is 10.9 Å². The highest BCUT2D eigenvalue weighted by Gasteiger charge is 2.14. The van der Waals surface area contributed by atoms with Crippen LogP contribution in [0.1, 0.15) is 16.3 Å². The Morgan fingerprint density at radius 2 is 1.60 bits per heavy atom. The fourth-order valence-electron chi connectivity index (χ4n) is 2.23. The number of nitrogens with one attached hydrogen (secondary N) is 2. The molecule has 30 heavy (non-hydrogen) atoms. The van der Waals surface area contributed by atoms with E-state index < -0.39 is 18.4 Å². The molecular formula is C20H15Cl3N2O5. The molecule has 0 spiro atoms. The zero-order valence-electron chi connectivity index (χ0n) is 15.3. The summed E-state index contributed by atoms with van der Waals surface area (Å²) in [5.41, 5.74) is 4.43. The predicted molar refractivity (Wildman–Crippen MR) is 112 cm³/mol. The van der Waals surface area contributed by atoms with Crippen LogP contribution in [0, 0.1) is 0 Å². The minimum absolute atomic E-state index is 0.00964. The van der Waals surface area contributed by atoms with E-state index in [2.05, 4.69) is 10.9 Å². The first-order chi connectivity index (χ1) is 14.4. The number of benzene rings is 2. The quantitative estimate of drug-likeness (QED) is 0.388. The maximum Gasteiger partial charge on any atom is 0.305 e. The second-order valence-corrected chi connectivity index (χ2v) is 7.08. The molecule has 2 amide bonds. The van der Waals surface area contributed by atoms with Crippen LogP contribution < -0.4 is 20.3 Å². The van der Waals surface area contributed by atoms with Gasteiger partial charge in [0, 0.05) is 6.07 Å². The summed E-state index contributed by atoms with van der Waals surface area (Å²) in [7, 11) is 0. The summed E-state index contributed by atoms with van der Waals surface area (Å²) >= 11 is 17.7. The van der Waals surface area contributed by atoms with Crippen LogP contribution in [0.15, 0.2) is 59.0 Å². The highest BCUT2D eigenvalue weighted by atomic mass is 35.5. The van der Waals surface area contributed by atoms with Crippen LogP contribution >= 0.6 is 34.8 Å². The molecule has 0 aliphatic carbocycles. The molecule has 3 aromatic rings. The Bertz CT molecular complexity index is 1040. The fourth-order valence-corrected chi connectivity index (χ4v) is 2.82. The van der Waals surface area contributed by atoms with Crippen molar-refractivity contribution in [3.63, 3.8) is 0 Å². The van der Waals surface area contributed by atoms with E-state index in [1.165, 1.54) is 18.2 Å². The van der Waals surface area contributed by atoms with Crippen LogP contribution in [0.3, 0.4) is 0 Å². The van der Waals surface area contributed by atoms with Gasteiger partial charge in [-0.15, -0.1) is 0 Å². The van der Waals surface area contributed by atoms with Gasteiger partial charge in [-0.25, -0.2) is 0 Å². The predicted octanol–water partition coefficient (Wildman–Crippen LogP) is 4.66. The van der Waals surface area contributed by atoms with Gasteiger partial charge in [-0.2, -0.15) is 0 Å². The number of amides is 2. The summed E-state index contributed by atoms with van der Waals surface area (Å²) in [6.45, 7) is -0.256. The first-order valence-electron chi connectivity index (χ1n) is 8.55. The number of ether oxygens (including phenoxy) is 2. The smallest absolute Gasteiger partial charge is 0.305 e. The lowest BCUT2D eigenvalue weighted by Crippen LogP contribution is -2.43. The van der Waals surface area contributed by atoms with E-state index in [0.717, 1.165) is 0 Å². The van der Waals surface area contributed by atoms with Gasteiger partial charge in [0.05, 0.1) is 15.1 Å². The summed E-state index contributed by atoms with van der Waals surface area (Å²) in [6.07, 6.45) is 0. The van der Waals surface area contributed by atoms with Crippen molar-refractivity contribution in [3.05, 3.63) is 81.2 Å². The van der Waals surface area contributed by atoms with Gasteiger partial charge >= 0.3 is 5.91 Å². The van der Waals surface area contributed by atoms with E-state index in [4.69, 9.17) is 48.7 Å². The van der Waals surface area contributed by atoms with E-state index in [1.807, 2.05) is 18.2 Å². The SMILES string of the molecule is O=C(COc1cc(Cl)c(Cl)cc1Cl)NNC(=O)c1ccc(COc2ccccc2)o1. The van der Waals surface area contributed by atoms with Crippen molar-refractivity contribution in [3.8, 4) is 11.5 Å². The number of hydrogen-bond donors (Lipinski definition) is 2. The molecule has 2 aromatic carbocycles. The highest BCUT2D eigenvalue weighted by Crippen LogP contribution is 2.33. The molecule has 0 aliphatic heterocycles. The van der Waals surface area contributed by atoms with Gasteiger partial charge in [-0.1, -0.05) is 53.0 Å². The Balaban J connectivity index is 1.44. The van der Waals surface area contributed by atoms with Gasteiger partial charge < -0.3 is 13.9 Å². The maximum atomic E-state index is 12.1. The molecular weight excluding hydrogens is 455 g/mol. The molecule has 0 radical (unpaired) electrons. The van der Waals surface area contributed by atoms with Crippen LogP contribution in [0.4, 0.5) is 0 Å². The van der Waals surface area contributed by atoms with Crippen molar-refractivity contribution in [2.24, 2.45) is 0 Å². The van der Waals surface area contributed by atoms with Crippen molar-refractivity contribution < 1.29 is 23.5 Å². The van der Waals surface area contributed by atoms with Gasteiger partial charge in [0.1, 0.15) is 23.9 Å². The molecule has 7 nitrogen and oxygen atoms in total. The van der Waals surface area contributed by atoms with Crippen LogP contribution in [-0.4, -0.2) is 18.4 Å². The third-order valence-corrected chi connectivity index (χ3v) is 4.68. The monoisotopic (exact) mass is 468 g/mol. The van der Waals surface area contributed by atoms with Gasteiger partial charge in [0.25, 0.3) is 5.91 Å². The number of halogens is 3. The first-order valence-corrected chi connectivity index (χ1v) is 9.69. The average Bonchev–Trinajstić information content (AvgIpc) is 3.22. The lowest BCUT2D eigenvalue weighted by Gasteiger charge is -2.10. The number of hydrazine groups is 1.